The van der Waals surface area contributed by atoms with Gasteiger partial charge in [-0.15, -0.1) is 0 Å². The molecular formula is C26H39N3O6. The molecule has 1 aromatic carbocycles. The number of esters is 1. The first kappa shape index (κ1) is 28.1. The number of nitrogens with one attached hydrogen (secondary N) is 2. The van der Waals surface area contributed by atoms with Crippen LogP contribution in [-0.2, 0) is 23.9 Å². The van der Waals surface area contributed by atoms with Crippen LogP contribution in [0.15, 0.2) is 18.2 Å². The fraction of sp³-hybridized carbons (Fsp3) is 0.615. The van der Waals surface area contributed by atoms with Gasteiger partial charge in [0.2, 0.25) is 11.8 Å². The summed E-state index contributed by atoms with van der Waals surface area (Å²) in [6.45, 7) is 12.9. The normalized spacial score (nSPS) is 17.7. The Hall–Kier alpha value is -3.10. The first-order valence-electron chi connectivity index (χ1n) is 12.1. The van der Waals surface area contributed by atoms with Crippen molar-refractivity contribution in [3.63, 3.8) is 0 Å². The number of benzene rings is 1. The fourth-order valence-corrected chi connectivity index (χ4v) is 3.87. The second-order valence-corrected chi connectivity index (χ2v) is 9.97. The zero-order valence-electron chi connectivity index (χ0n) is 21.9. The van der Waals surface area contributed by atoms with Crippen LogP contribution in [0.5, 0.6) is 0 Å². The minimum absolute atomic E-state index is 0.0348. The molecular weight excluding hydrogens is 450 g/mol. The van der Waals surface area contributed by atoms with Crippen molar-refractivity contribution in [3.05, 3.63) is 34.9 Å². The monoisotopic (exact) mass is 489 g/mol. The molecule has 0 saturated heterocycles. The molecule has 1 aromatic rings. The quantitative estimate of drug-likeness (QED) is 0.488. The van der Waals surface area contributed by atoms with E-state index in [9.17, 15) is 19.2 Å². The second-order valence-electron chi connectivity index (χ2n) is 9.97. The lowest BCUT2D eigenvalue weighted by atomic mass is 9.95. The molecule has 194 valence electrons. The zero-order valence-corrected chi connectivity index (χ0v) is 21.9. The summed E-state index contributed by atoms with van der Waals surface area (Å²) in [5.74, 6) is -0.939. The van der Waals surface area contributed by atoms with Gasteiger partial charge in [-0.2, -0.15) is 0 Å². The van der Waals surface area contributed by atoms with Crippen molar-refractivity contribution in [1.82, 2.24) is 15.5 Å². The number of carbonyl (C=O) groups is 4. The van der Waals surface area contributed by atoms with Gasteiger partial charge in [0.1, 0.15) is 18.2 Å². The molecule has 1 aliphatic rings. The van der Waals surface area contributed by atoms with E-state index < -0.39 is 23.7 Å². The van der Waals surface area contributed by atoms with Gasteiger partial charge >= 0.3 is 12.1 Å². The van der Waals surface area contributed by atoms with E-state index in [1.165, 1.54) is 0 Å². The highest BCUT2D eigenvalue weighted by Gasteiger charge is 2.46. The molecule has 3 atom stereocenters. The number of hydrogen-bond acceptors (Lipinski definition) is 6. The van der Waals surface area contributed by atoms with E-state index in [0.717, 1.165) is 17.5 Å². The first-order valence-corrected chi connectivity index (χ1v) is 12.1. The maximum atomic E-state index is 13.5. The summed E-state index contributed by atoms with van der Waals surface area (Å²) in [5, 5.41) is 5.32. The number of alkyl carbamates (subject to hydrolysis) is 1. The Morgan fingerprint density at radius 3 is 2.37 bits per heavy atom. The lowest BCUT2D eigenvalue weighted by molar-refractivity contribution is -0.144. The zero-order chi connectivity index (χ0) is 26.3. The molecule has 0 spiro atoms. The van der Waals surface area contributed by atoms with Gasteiger partial charge in [0.05, 0.1) is 13.0 Å². The smallest absolute Gasteiger partial charge is 0.408 e. The molecule has 0 aromatic heterocycles. The molecule has 0 aliphatic heterocycles. The number of aryl methyl sites for hydroxylation is 1. The maximum Gasteiger partial charge on any atom is 0.408 e. The number of nitrogens with zero attached hydrogens (tertiary/aromatic N) is 1. The Bertz CT molecular complexity index is 940. The highest BCUT2D eigenvalue weighted by Crippen LogP contribution is 2.41. The SMILES string of the molecule is CCOC(=O)CCNC(=O)C(c1cccc(C)c1C)N(C(=O)CNC(=O)OC(C)(C)C)C1CC1C. The third-order valence-corrected chi connectivity index (χ3v) is 5.90. The molecule has 0 radical (unpaired) electrons. The van der Waals surface area contributed by atoms with E-state index in [2.05, 4.69) is 10.6 Å². The van der Waals surface area contributed by atoms with Gasteiger partial charge in [0.15, 0.2) is 0 Å². The third kappa shape index (κ3) is 8.26. The molecule has 2 rings (SSSR count). The predicted octanol–water partition coefficient (Wildman–Crippen LogP) is 3.18. The largest absolute Gasteiger partial charge is 0.466 e. The van der Waals surface area contributed by atoms with Crippen molar-refractivity contribution in [3.8, 4) is 0 Å². The van der Waals surface area contributed by atoms with Gasteiger partial charge in [-0.25, -0.2) is 4.79 Å². The number of amides is 3. The average molecular weight is 490 g/mol. The van der Waals surface area contributed by atoms with Crippen LogP contribution in [0.25, 0.3) is 0 Å². The summed E-state index contributed by atoms with van der Waals surface area (Å²) < 4.78 is 10.2. The Morgan fingerprint density at radius 2 is 1.80 bits per heavy atom. The highest BCUT2D eigenvalue weighted by atomic mass is 16.6. The maximum absolute atomic E-state index is 13.5. The van der Waals surface area contributed by atoms with Gasteiger partial charge in [-0.3, -0.25) is 14.4 Å². The van der Waals surface area contributed by atoms with E-state index >= 15 is 0 Å². The van der Waals surface area contributed by atoms with Gasteiger partial charge in [0.25, 0.3) is 0 Å². The summed E-state index contributed by atoms with van der Waals surface area (Å²) in [7, 11) is 0. The van der Waals surface area contributed by atoms with Crippen LogP contribution in [0.3, 0.4) is 0 Å². The lowest BCUT2D eigenvalue weighted by Crippen LogP contribution is -2.49. The van der Waals surface area contributed by atoms with Crippen LogP contribution >= 0.6 is 0 Å². The molecule has 0 bridgehead atoms. The molecule has 0 heterocycles. The molecule has 3 unspecified atom stereocenters. The number of carbonyl (C=O) groups excluding carboxylic acids is 4. The van der Waals surface area contributed by atoms with E-state index in [1.54, 1.807) is 32.6 Å². The Labute approximate surface area is 207 Å². The highest BCUT2D eigenvalue weighted by molar-refractivity contribution is 5.91. The van der Waals surface area contributed by atoms with E-state index in [-0.39, 0.29) is 49.9 Å². The van der Waals surface area contributed by atoms with Crippen LogP contribution in [0, 0.1) is 19.8 Å². The second kappa shape index (κ2) is 12.0. The number of rotatable bonds is 10. The average Bonchev–Trinajstić information content (AvgIpc) is 3.47. The predicted molar refractivity (Wildman–Crippen MR) is 132 cm³/mol. The van der Waals surface area contributed by atoms with Gasteiger partial charge in [0, 0.05) is 12.6 Å². The Kier molecular flexibility index (Phi) is 9.68. The van der Waals surface area contributed by atoms with Crippen molar-refractivity contribution >= 4 is 23.9 Å². The van der Waals surface area contributed by atoms with Crippen molar-refractivity contribution in [2.45, 2.75) is 79.0 Å². The van der Waals surface area contributed by atoms with Crippen molar-refractivity contribution < 1.29 is 28.7 Å². The summed E-state index contributed by atoms with van der Waals surface area (Å²) >= 11 is 0. The third-order valence-electron chi connectivity index (χ3n) is 5.90. The standard InChI is InChI=1S/C26H39N3O6/c1-8-34-22(31)12-13-27-24(32)23(19-11-9-10-16(2)18(19)4)29(20-14-17(20)3)21(30)15-28-25(33)35-26(5,6)7/h9-11,17,20,23H,8,12-15H2,1-7H3,(H,27,32)(H,28,33). The van der Waals surface area contributed by atoms with E-state index in [4.69, 9.17) is 9.47 Å². The summed E-state index contributed by atoms with van der Waals surface area (Å²) in [4.78, 5) is 52.3. The first-order chi connectivity index (χ1) is 16.4. The topological polar surface area (TPSA) is 114 Å². The minimum atomic E-state index is -0.903. The summed E-state index contributed by atoms with van der Waals surface area (Å²) in [5.41, 5.74) is 1.92. The summed E-state index contributed by atoms with van der Waals surface area (Å²) in [6, 6.07) is 4.61. The van der Waals surface area contributed by atoms with Crippen LogP contribution in [-0.4, -0.2) is 60.1 Å². The van der Waals surface area contributed by atoms with Crippen LogP contribution in [0.1, 0.15) is 70.2 Å². The molecule has 1 saturated carbocycles. The van der Waals surface area contributed by atoms with Crippen molar-refractivity contribution in [1.29, 1.82) is 0 Å². The molecule has 9 nitrogen and oxygen atoms in total. The van der Waals surface area contributed by atoms with Crippen LogP contribution in [0.2, 0.25) is 0 Å². The summed E-state index contributed by atoms with van der Waals surface area (Å²) in [6.07, 6.45) is 0.0970. The van der Waals surface area contributed by atoms with Gasteiger partial charge in [-0.05, 0) is 70.6 Å². The van der Waals surface area contributed by atoms with E-state index in [0.29, 0.717) is 5.56 Å². The van der Waals surface area contributed by atoms with E-state index in [1.807, 2.05) is 39.0 Å². The Morgan fingerprint density at radius 1 is 1.14 bits per heavy atom. The molecule has 2 N–H and O–H groups in total. The molecule has 1 aliphatic carbocycles. The number of ether oxygens (including phenoxy) is 2. The number of hydrogen-bond donors (Lipinski definition) is 2. The van der Waals surface area contributed by atoms with Gasteiger partial charge < -0.3 is 25.0 Å². The van der Waals surface area contributed by atoms with Crippen LogP contribution in [0.4, 0.5) is 4.79 Å². The van der Waals surface area contributed by atoms with Crippen molar-refractivity contribution in [2.75, 3.05) is 19.7 Å². The fourth-order valence-electron chi connectivity index (χ4n) is 3.87. The molecule has 3 amide bonds. The lowest BCUT2D eigenvalue weighted by Gasteiger charge is -2.33. The van der Waals surface area contributed by atoms with Crippen LogP contribution < -0.4 is 10.6 Å². The van der Waals surface area contributed by atoms with Gasteiger partial charge in [-0.1, -0.05) is 25.1 Å². The van der Waals surface area contributed by atoms with Crippen molar-refractivity contribution in [2.24, 2.45) is 5.92 Å². The molecule has 9 heteroatoms. The molecule has 35 heavy (non-hydrogen) atoms. The Balaban J connectivity index is 2.30. The molecule has 1 fully saturated rings. The minimum Gasteiger partial charge on any atom is -0.466 e.